The van der Waals surface area contributed by atoms with Crippen LogP contribution in [0.2, 0.25) is 0 Å². The van der Waals surface area contributed by atoms with Crippen LogP contribution in [0.1, 0.15) is 48.4 Å². The number of rotatable bonds is 7. The van der Waals surface area contributed by atoms with E-state index in [1.54, 1.807) is 5.38 Å². The monoisotopic (exact) mass is 440 g/mol. The van der Waals surface area contributed by atoms with Gasteiger partial charge >= 0.3 is 0 Å². The fourth-order valence-corrected chi connectivity index (χ4v) is 3.63. The summed E-state index contributed by atoms with van der Waals surface area (Å²) in [5.41, 5.74) is 1.22. The molecule has 0 saturated heterocycles. The van der Waals surface area contributed by atoms with E-state index in [0.29, 0.717) is 12.0 Å². The summed E-state index contributed by atoms with van der Waals surface area (Å²) in [6, 6.07) is 14.4. The maximum absolute atomic E-state index is 13.6. The molecule has 0 radical (unpaired) electrons. The summed E-state index contributed by atoms with van der Waals surface area (Å²) in [5, 5.41) is 8.41. The van der Waals surface area contributed by atoms with Crippen molar-refractivity contribution in [2.75, 3.05) is 6.54 Å². The van der Waals surface area contributed by atoms with Crippen molar-refractivity contribution in [1.29, 1.82) is 0 Å². The van der Waals surface area contributed by atoms with Gasteiger partial charge in [0.1, 0.15) is 11.9 Å². The minimum Gasteiger partial charge on any atom is -0.349 e. The molecule has 6 nitrogen and oxygen atoms in total. The number of nitrogens with one attached hydrogen (secondary N) is 1. The van der Waals surface area contributed by atoms with E-state index in [1.807, 2.05) is 51.1 Å². The zero-order chi connectivity index (χ0) is 22.4. The Balaban J connectivity index is 2.00. The first-order valence-electron chi connectivity index (χ1n) is 9.94. The molecule has 0 aliphatic rings. The molecule has 0 saturated carbocycles. The van der Waals surface area contributed by atoms with Gasteiger partial charge in [0.2, 0.25) is 5.91 Å². The molecule has 31 heavy (non-hydrogen) atoms. The van der Waals surface area contributed by atoms with Crippen molar-refractivity contribution in [3.05, 3.63) is 82.6 Å². The fourth-order valence-electron chi connectivity index (χ4n) is 3.20. The van der Waals surface area contributed by atoms with E-state index in [-0.39, 0.29) is 18.1 Å². The highest BCUT2D eigenvalue weighted by Crippen LogP contribution is 2.25. The van der Waals surface area contributed by atoms with E-state index in [4.69, 9.17) is 0 Å². The molecule has 0 fully saturated rings. The van der Waals surface area contributed by atoms with Crippen LogP contribution in [0.4, 0.5) is 4.39 Å². The Morgan fingerprint density at radius 1 is 1.10 bits per heavy atom. The van der Waals surface area contributed by atoms with Crippen LogP contribution in [0.25, 0.3) is 0 Å². The van der Waals surface area contributed by atoms with E-state index in [0.717, 1.165) is 17.1 Å². The minimum atomic E-state index is -0.947. The van der Waals surface area contributed by atoms with Crippen LogP contribution in [0.15, 0.2) is 60.0 Å². The molecule has 162 valence electrons. The van der Waals surface area contributed by atoms with Crippen LogP contribution in [0.5, 0.6) is 0 Å². The van der Waals surface area contributed by atoms with Gasteiger partial charge in [0.15, 0.2) is 5.69 Å². The van der Waals surface area contributed by atoms with Crippen LogP contribution in [0.3, 0.4) is 0 Å². The van der Waals surface area contributed by atoms with Gasteiger partial charge in [0.25, 0.3) is 5.91 Å². The number of benzene rings is 2. The summed E-state index contributed by atoms with van der Waals surface area (Å²) in [5.74, 6) is -1.16. The van der Waals surface area contributed by atoms with Gasteiger partial charge in [-0.1, -0.05) is 47.0 Å². The van der Waals surface area contributed by atoms with Gasteiger partial charge < -0.3 is 10.2 Å². The van der Waals surface area contributed by atoms with E-state index in [2.05, 4.69) is 14.9 Å². The fraction of sp³-hybridized carbons (Fsp3) is 0.304. The lowest BCUT2D eigenvalue weighted by molar-refractivity contribution is -0.127. The van der Waals surface area contributed by atoms with Crippen LogP contribution in [-0.2, 0) is 11.2 Å². The number of amides is 2. The molecule has 0 unspecified atom stereocenters. The zero-order valence-corrected chi connectivity index (χ0v) is 18.5. The Labute approximate surface area is 185 Å². The first-order chi connectivity index (χ1) is 14.7. The predicted octanol–water partition coefficient (Wildman–Crippen LogP) is 4.02. The van der Waals surface area contributed by atoms with Gasteiger partial charge in [-0.05, 0) is 62.0 Å². The van der Waals surface area contributed by atoms with Crippen molar-refractivity contribution in [2.45, 2.75) is 38.8 Å². The van der Waals surface area contributed by atoms with E-state index < -0.39 is 23.3 Å². The number of nitrogens with zero attached hydrogens (tertiary/aromatic N) is 3. The second-order valence-electron chi connectivity index (χ2n) is 8.22. The van der Waals surface area contributed by atoms with Crippen LogP contribution < -0.4 is 5.32 Å². The zero-order valence-electron chi connectivity index (χ0n) is 17.7. The molecule has 1 N–H and O–H groups in total. The third-order valence-electron chi connectivity index (χ3n) is 4.57. The highest BCUT2D eigenvalue weighted by molar-refractivity contribution is 7.03. The average Bonchev–Trinajstić information content (AvgIpc) is 3.26. The van der Waals surface area contributed by atoms with Crippen molar-refractivity contribution in [3.8, 4) is 0 Å². The quantitative estimate of drug-likeness (QED) is 0.602. The van der Waals surface area contributed by atoms with Crippen molar-refractivity contribution < 1.29 is 14.0 Å². The Bertz CT molecular complexity index is 1000. The second kappa shape index (κ2) is 9.78. The van der Waals surface area contributed by atoms with Crippen LogP contribution in [0, 0.1) is 5.82 Å². The molecule has 1 heterocycles. The lowest BCUT2D eigenvalue weighted by atomic mass is 10.0. The van der Waals surface area contributed by atoms with E-state index >= 15 is 0 Å². The van der Waals surface area contributed by atoms with E-state index in [9.17, 15) is 14.0 Å². The van der Waals surface area contributed by atoms with Crippen LogP contribution >= 0.6 is 11.5 Å². The van der Waals surface area contributed by atoms with Crippen molar-refractivity contribution in [3.63, 3.8) is 0 Å². The number of carbonyl (C=O) groups excluding carboxylic acids is 2. The molecule has 0 spiro atoms. The molecule has 0 aliphatic carbocycles. The SMILES string of the molecule is CC(C)(C)NC(=O)[C@H](c1ccc(F)cc1)N(CCc1ccccc1)C(=O)c1csnn1. The normalized spacial score (nSPS) is 12.3. The number of hydrogen-bond acceptors (Lipinski definition) is 5. The molecule has 8 heteroatoms. The van der Waals surface area contributed by atoms with Gasteiger partial charge in [0.05, 0.1) is 0 Å². The van der Waals surface area contributed by atoms with E-state index in [1.165, 1.54) is 29.2 Å². The smallest absolute Gasteiger partial charge is 0.276 e. The maximum Gasteiger partial charge on any atom is 0.276 e. The molecular formula is C23H25FN4O2S. The molecule has 0 aliphatic heterocycles. The average molecular weight is 441 g/mol. The van der Waals surface area contributed by atoms with Crippen molar-refractivity contribution >= 4 is 23.3 Å². The van der Waals surface area contributed by atoms with Crippen molar-refractivity contribution in [1.82, 2.24) is 19.8 Å². The Kier molecular flexibility index (Phi) is 7.12. The molecular weight excluding hydrogens is 415 g/mol. The number of hydrogen-bond donors (Lipinski definition) is 1. The summed E-state index contributed by atoms with van der Waals surface area (Å²) in [7, 11) is 0. The maximum atomic E-state index is 13.6. The van der Waals surface area contributed by atoms with Gasteiger partial charge in [-0.3, -0.25) is 9.59 Å². The Morgan fingerprint density at radius 3 is 2.35 bits per heavy atom. The largest absolute Gasteiger partial charge is 0.349 e. The third kappa shape index (κ3) is 6.18. The lowest BCUT2D eigenvalue weighted by Crippen LogP contribution is -2.49. The van der Waals surface area contributed by atoms with Gasteiger partial charge in [-0.15, -0.1) is 5.10 Å². The second-order valence-corrected chi connectivity index (χ2v) is 8.83. The first kappa shape index (κ1) is 22.6. The molecule has 0 bridgehead atoms. The highest BCUT2D eigenvalue weighted by atomic mass is 32.1. The summed E-state index contributed by atoms with van der Waals surface area (Å²) in [6.45, 7) is 5.88. The Hall–Kier alpha value is -3.13. The summed E-state index contributed by atoms with van der Waals surface area (Å²) < 4.78 is 17.4. The summed E-state index contributed by atoms with van der Waals surface area (Å²) in [4.78, 5) is 28.2. The van der Waals surface area contributed by atoms with Gasteiger partial charge in [-0.25, -0.2) is 4.39 Å². The molecule has 1 aromatic heterocycles. The molecule has 1 atom stereocenters. The molecule has 2 aromatic carbocycles. The molecule has 2 amide bonds. The number of halogens is 1. The minimum absolute atomic E-state index is 0.175. The lowest BCUT2D eigenvalue weighted by Gasteiger charge is -2.33. The highest BCUT2D eigenvalue weighted by Gasteiger charge is 2.34. The first-order valence-corrected chi connectivity index (χ1v) is 10.8. The van der Waals surface area contributed by atoms with Crippen LogP contribution in [-0.4, -0.2) is 38.4 Å². The predicted molar refractivity (Wildman–Crippen MR) is 118 cm³/mol. The third-order valence-corrected chi connectivity index (χ3v) is 5.07. The topological polar surface area (TPSA) is 75.2 Å². The number of aromatic nitrogens is 2. The van der Waals surface area contributed by atoms with Gasteiger partial charge in [0, 0.05) is 17.5 Å². The Morgan fingerprint density at radius 2 is 1.77 bits per heavy atom. The number of carbonyl (C=O) groups is 2. The summed E-state index contributed by atoms with van der Waals surface area (Å²) >= 11 is 1.07. The van der Waals surface area contributed by atoms with Gasteiger partial charge in [-0.2, -0.15) is 0 Å². The summed E-state index contributed by atoms with van der Waals surface area (Å²) in [6.07, 6.45) is 0.546. The standard InChI is InChI=1S/C23H25FN4O2S/c1-23(2,3)25-21(29)20(17-9-11-18(24)12-10-17)28(22(30)19-15-31-27-26-19)14-13-16-7-5-4-6-8-16/h4-12,15,20H,13-14H2,1-3H3,(H,25,29)/t20-/m0/s1. The van der Waals surface area contributed by atoms with Crippen molar-refractivity contribution in [2.24, 2.45) is 0 Å². The molecule has 3 rings (SSSR count). The molecule has 3 aromatic rings.